The predicted octanol–water partition coefficient (Wildman–Crippen LogP) is 3.53. The smallest absolute Gasteiger partial charge is 0.338 e. The number of nitrogens with zero attached hydrogens (tertiary/aromatic N) is 1. The molecule has 1 spiro atoms. The monoisotopic (exact) mass is 715 g/mol. The second kappa shape index (κ2) is 13.1. The number of hydrogen-bond acceptors (Lipinski definition) is 13. The molecule has 7 rings (SSSR count). The highest BCUT2D eigenvalue weighted by molar-refractivity contribution is 5.91. The van der Waals surface area contributed by atoms with Gasteiger partial charge in [-0.05, 0) is 43.9 Å². The topological polar surface area (TPSA) is 138 Å². The van der Waals surface area contributed by atoms with Gasteiger partial charge in [-0.2, -0.15) is 0 Å². The molecule has 0 amide bonds. The number of fused-ring (bicyclic) bond motifs is 2. The highest BCUT2D eigenvalue weighted by Crippen LogP contribution is 2.80. The van der Waals surface area contributed by atoms with Gasteiger partial charge < -0.3 is 42.6 Å². The van der Waals surface area contributed by atoms with Crippen LogP contribution in [-0.2, 0) is 38.0 Å². The molecular formula is C38H53NO12. The minimum atomic E-state index is -1.06. The fourth-order valence-corrected chi connectivity index (χ4v) is 12.9. The van der Waals surface area contributed by atoms with Crippen molar-refractivity contribution in [3.63, 3.8) is 0 Å². The number of carbonyl (C=O) groups excluding carboxylic acids is 3. The Morgan fingerprint density at radius 3 is 2.14 bits per heavy atom. The van der Waals surface area contributed by atoms with Crippen molar-refractivity contribution in [1.82, 2.24) is 4.90 Å². The van der Waals surface area contributed by atoms with E-state index in [9.17, 15) is 14.4 Å². The van der Waals surface area contributed by atoms with E-state index >= 15 is 0 Å². The van der Waals surface area contributed by atoms with Gasteiger partial charge in [-0.3, -0.25) is 14.5 Å². The molecule has 5 aliphatic carbocycles. The average Bonchev–Trinajstić information content (AvgIpc) is 3.53. The summed E-state index contributed by atoms with van der Waals surface area (Å²) < 4.78 is 55.3. The van der Waals surface area contributed by atoms with Crippen molar-refractivity contribution in [3.8, 4) is 17.2 Å². The van der Waals surface area contributed by atoms with Crippen LogP contribution in [0.5, 0.6) is 17.2 Å². The average molecular weight is 716 g/mol. The van der Waals surface area contributed by atoms with Gasteiger partial charge >= 0.3 is 17.9 Å². The molecule has 13 atom stereocenters. The summed E-state index contributed by atoms with van der Waals surface area (Å²) >= 11 is 0. The number of ether oxygens (including phenoxy) is 9. The molecule has 51 heavy (non-hydrogen) atoms. The van der Waals surface area contributed by atoms with Crippen LogP contribution in [-0.4, -0.2) is 121 Å². The lowest BCUT2D eigenvalue weighted by Crippen LogP contribution is -2.77. The second-order valence-corrected chi connectivity index (χ2v) is 15.5. The molecule has 6 aliphatic rings. The van der Waals surface area contributed by atoms with Gasteiger partial charge in [-0.25, -0.2) is 4.79 Å². The molecule has 6 fully saturated rings. The van der Waals surface area contributed by atoms with Crippen molar-refractivity contribution in [1.29, 1.82) is 0 Å². The maximum Gasteiger partial charge on any atom is 0.338 e. The summed E-state index contributed by atoms with van der Waals surface area (Å²) in [5.74, 6) is -1.31. The van der Waals surface area contributed by atoms with Crippen LogP contribution < -0.4 is 14.2 Å². The second-order valence-electron chi connectivity index (χ2n) is 15.5. The Morgan fingerprint density at radius 1 is 0.882 bits per heavy atom. The number of methoxy groups -OCH3 is 6. The largest absolute Gasteiger partial charge is 0.493 e. The summed E-state index contributed by atoms with van der Waals surface area (Å²) in [5.41, 5.74) is -1.77. The van der Waals surface area contributed by atoms with Gasteiger partial charge in [0, 0.05) is 88.7 Å². The zero-order valence-corrected chi connectivity index (χ0v) is 31.2. The Bertz CT molecular complexity index is 1530. The summed E-state index contributed by atoms with van der Waals surface area (Å²) in [6.07, 6.45) is 0.660. The van der Waals surface area contributed by atoms with Crippen LogP contribution >= 0.6 is 0 Å². The van der Waals surface area contributed by atoms with Crippen LogP contribution in [0.3, 0.4) is 0 Å². The summed E-state index contributed by atoms with van der Waals surface area (Å²) in [5, 5.41) is 0. The van der Waals surface area contributed by atoms with Gasteiger partial charge in [-0.1, -0.05) is 6.92 Å². The highest BCUT2D eigenvalue weighted by atomic mass is 16.6. The third kappa shape index (κ3) is 4.82. The number of piperidine rings is 1. The first kappa shape index (κ1) is 36.2. The molecule has 1 saturated heterocycles. The van der Waals surface area contributed by atoms with Crippen molar-refractivity contribution >= 4 is 17.9 Å². The first-order valence-electron chi connectivity index (χ1n) is 18.1. The van der Waals surface area contributed by atoms with Crippen molar-refractivity contribution in [2.45, 2.75) is 82.5 Å². The first-order valence-corrected chi connectivity index (χ1v) is 18.1. The summed E-state index contributed by atoms with van der Waals surface area (Å²) in [7, 11) is 9.68. The molecule has 1 unspecified atom stereocenters. The summed E-state index contributed by atoms with van der Waals surface area (Å²) in [4.78, 5) is 43.1. The van der Waals surface area contributed by atoms with E-state index in [1.165, 1.54) is 35.2 Å². The van der Waals surface area contributed by atoms with Gasteiger partial charge in [0.15, 0.2) is 11.5 Å². The van der Waals surface area contributed by atoms with Crippen LogP contribution in [0.4, 0.5) is 0 Å². The van der Waals surface area contributed by atoms with E-state index in [0.29, 0.717) is 43.1 Å². The molecule has 13 nitrogen and oxygen atoms in total. The molecule has 5 saturated carbocycles. The maximum absolute atomic E-state index is 14.5. The molecule has 1 heterocycles. The van der Waals surface area contributed by atoms with E-state index in [4.69, 9.17) is 42.6 Å². The standard InChI is InChI=1S/C38H53NO12/c1-10-39-17-36(18-43-4)12-11-27(50-35(42)21-13-24(44-5)31(47-8)25(14-21)45-6)38-23-15-22-26(46-7)16-37(51-20(3)41,28(23)30(22)49-19(2)40)29(34(38)39)32(48-9)33(36)38/h13-14,22-23,26-30,32-34H,10-12,15-18H2,1-9H3/t22-,23-,26+,27+,28-,29+,30+,32+,33-,34?,36+,37-,38+/m1/s1. The molecule has 0 radical (unpaired) electrons. The number of likely N-dealkylation sites (tertiary alicyclic amines) is 1. The lowest BCUT2D eigenvalue weighted by Gasteiger charge is -2.69. The quantitative estimate of drug-likeness (QED) is 0.231. The van der Waals surface area contributed by atoms with Gasteiger partial charge in [0.1, 0.15) is 17.8 Å². The Balaban J connectivity index is 1.45. The van der Waals surface area contributed by atoms with Gasteiger partial charge in [0.05, 0.1) is 45.7 Å². The fraction of sp³-hybridized carbons (Fsp3) is 0.763. The normalized spacial score (nSPS) is 41.4. The van der Waals surface area contributed by atoms with Crippen molar-refractivity contribution < 1.29 is 57.0 Å². The van der Waals surface area contributed by atoms with E-state index in [1.807, 2.05) is 0 Å². The Labute approximate surface area is 299 Å². The van der Waals surface area contributed by atoms with E-state index in [-0.39, 0.29) is 58.8 Å². The van der Waals surface area contributed by atoms with Gasteiger partial charge in [-0.15, -0.1) is 0 Å². The van der Waals surface area contributed by atoms with Crippen LogP contribution in [0.15, 0.2) is 12.1 Å². The SMILES string of the molecule is CCN1C[C@]2(COC)CC[C@H](OC(=O)c3cc(OC)c(OC)c(OC)c3)[C@]34C1[C@H]([C@H](OC)[C@H]23)[C@@]1(OC(C)=O)C[C@H](OC)[C@H]2C[C@@H]4[C@@H]1[C@H]2OC(C)=O. The zero-order valence-electron chi connectivity index (χ0n) is 31.2. The molecule has 7 bridgehead atoms. The van der Waals surface area contributed by atoms with Crippen LogP contribution in [0.25, 0.3) is 0 Å². The van der Waals surface area contributed by atoms with E-state index in [0.717, 1.165) is 19.5 Å². The minimum Gasteiger partial charge on any atom is -0.493 e. The molecule has 0 aromatic heterocycles. The summed E-state index contributed by atoms with van der Waals surface area (Å²) in [6, 6.07) is 3.06. The number of carbonyl (C=O) groups is 3. The van der Waals surface area contributed by atoms with Gasteiger partial charge in [0.25, 0.3) is 0 Å². The highest BCUT2D eigenvalue weighted by Gasteiger charge is 2.88. The van der Waals surface area contributed by atoms with Crippen molar-refractivity contribution in [3.05, 3.63) is 17.7 Å². The van der Waals surface area contributed by atoms with Crippen molar-refractivity contribution in [2.75, 3.05) is 62.4 Å². The van der Waals surface area contributed by atoms with Crippen LogP contribution in [0.1, 0.15) is 56.8 Å². The van der Waals surface area contributed by atoms with E-state index < -0.39 is 41.1 Å². The van der Waals surface area contributed by atoms with E-state index in [1.54, 1.807) is 33.5 Å². The summed E-state index contributed by atoms with van der Waals surface area (Å²) in [6.45, 7) is 7.03. The van der Waals surface area contributed by atoms with E-state index in [2.05, 4.69) is 11.8 Å². The predicted molar refractivity (Wildman–Crippen MR) is 181 cm³/mol. The minimum absolute atomic E-state index is 0.111. The third-order valence-electron chi connectivity index (χ3n) is 13.8. The maximum atomic E-state index is 14.5. The number of esters is 3. The molecule has 282 valence electrons. The number of benzene rings is 1. The molecule has 0 N–H and O–H groups in total. The molecular weight excluding hydrogens is 662 g/mol. The van der Waals surface area contributed by atoms with Crippen molar-refractivity contribution in [2.24, 2.45) is 40.4 Å². The molecule has 1 aromatic carbocycles. The lowest BCUT2D eigenvalue weighted by atomic mass is 9.43. The zero-order chi connectivity index (χ0) is 36.6. The first-order chi connectivity index (χ1) is 24.5. The van der Waals surface area contributed by atoms with Gasteiger partial charge in [0.2, 0.25) is 5.75 Å². The fourth-order valence-electron chi connectivity index (χ4n) is 12.9. The number of rotatable bonds is 12. The molecule has 1 aliphatic heterocycles. The Hall–Kier alpha value is -3.13. The van der Waals surface area contributed by atoms with Crippen LogP contribution in [0.2, 0.25) is 0 Å². The Morgan fingerprint density at radius 2 is 1.59 bits per heavy atom. The molecule has 13 heteroatoms. The number of hydrogen-bond donors (Lipinski definition) is 0. The Kier molecular flexibility index (Phi) is 9.29. The van der Waals surface area contributed by atoms with Crippen LogP contribution in [0, 0.1) is 40.4 Å². The molecule has 1 aromatic rings. The third-order valence-corrected chi connectivity index (χ3v) is 13.8. The lowest BCUT2D eigenvalue weighted by molar-refractivity contribution is -0.277.